The zero-order valence-electron chi connectivity index (χ0n) is 9.39. The number of hydrogen-bond acceptors (Lipinski definition) is 2. The molecule has 0 saturated heterocycles. The van der Waals surface area contributed by atoms with Crippen molar-refractivity contribution in [2.24, 2.45) is 0 Å². The molecule has 0 aromatic heterocycles. The maximum Gasteiger partial charge on any atom is 0.0845 e. The minimum absolute atomic E-state index is 0.127. The summed E-state index contributed by atoms with van der Waals surface area (Å²) < 4.78 is 0. The number of aliphatic hydroxyl groups is 1. The van der Waals surface area contributed by atoms with Crippen LogP contribution in [0.4, 0.5) is 0 Å². The molecule has 0 aliphatic heterocycles. The van der Waals surface area contributed by atoms with Gasteiger partial charge in [-0.05, 0) is 18.4 Å². The first kappa shape index (κ1) is 11.2. The molecule has 1 fully saturated rings. The van der Waals surface area contributed by atoms with Crippen molar-refractivity contribution in [1.82, 2.24) is 0 Å². The van der Waals surface area contributed by atoms with Crippen LogP contribution in [-0.2, 0) is 0 Å². The van der Waals surface area contributed by atoms with E-state index in [1.165, 1.54) is 5.56 Å². The number of nitrogens with zero attached hydrogens (tertiary/aromatic N) is 1. The highest BCUT2D eigenvalue weighted by Gasteiger charge is 2.39. The molecule has 2 atom stereocenters. The molecule has 1 aliphatic rings. The highest BCUT2D eigenvalue weighted by Crippen LogP contribution is 2.42. The number of benzene rings is 1. The molecule has 0 radical (unpaired) electrons. The zero-order valence-corrected chi connectivity index (χ0v) is 9.39. The number of hydrogen-bond donors (Lipinski definition) is 1. The summed E-state index contributed by atoms with van der Waals surface area (Å²) in [6.07, 6.45) is 4.16. The van der Waals surface area contributed by atoms with Crippen LogP contribution in [0.3, 0.4) is 0 Å². The molecule has 0 heterocycles. The van der Waals surface area contributed by atoms with Gasteiger partial charge >= 0.3 is 0 Å². The summed E-state index contributed by atoms with van der Waals surface area (Å²) in [6.45, 7) is 0. The minimum Gasteiger partial charge on any atom is -0.388 e. The van der Waals surface area contributed by atoms with E-state index in [1.807, 2.05) is 18.2 Å². The summed E-state index contributed by atoms with van der Waals surface area (Å²) in [4.78, 5) is 0. The normalized spacial score (nSPS) is 29.6. The lowest BCUT2D eigenvalue weighted by Crippen LogP contribution is -2.38. The lowest BCUT2D eigenvalue weighted by atomic mass is 9.71. The summed E-state index contributed by atoms with van der Waals surface area (Å²) in [5.41, 5.74) is 0.355. The molecule has 2 rings (SSSR count). The van der Waals surface area contributed by atoms with Gasteiger partial charge in [-0.2, -0.15) is 5.26 Å². The second kappa shape index (κ2) is 4.67. The fourth-order valence-electron chi connectivity index (χ4n) is 2.73. The van der Waals surface area contributed by atoms with Gasteiger partial charge in [-0.1, -0.05) is 43.2 Å². The van der Waals surface area contributed by atoms with E-state index in [-0.39, 0.29) is 12.3 Å². The molecule has 1 aliphatic carbocycles. The molecule has 1 saturated carbocycles. The summed E-state index contributed by atoms with van der Waals surface area (Å²) in [7, 11) is 0. The van der Waals surface area contributed by atoms with Crippen molar-refractivity contribution in [3.05, 3.63) is 35.9 Å². The fraction of sp³-hybridized carbons (Fsp3) is 0.500. The predicted octanol–water partition coefficient (Wildman–Crippen LogP) is 2.99. The topological polar surface area (TPSA) is 44.0 Å². The SMILES string of the molecule is N#CCC1(O)CCCCC1c1ccccc1. The van der Waals surface area contributed by atoms with Crippen LogP contribution in [0.25, 0.3) is 0 Å². The fourth-order valence-corrected chi connectivity index (χ4v) is 2.73. The molecule has 2 nitrogen and oxygen atoms in total. The van der Waals surface area contributed by atoms with E-state index >= 15 is 0 Å². The lowest BCUT2D eigenvalue weighted by molar-refractivity contribution is -0.0128. The third kappa shape index (κ3) is 2.10. The Hall–Kier alpha value is -1.33. The van der Waals surface area contributed by atoms with Crippen LogP contribution in [-0.4, -0.2) is 10.7 Å². The molecular weight excluding hydrogens is 198 g/mol. The minimum atomic E-state index is -0.811. The summed E-state index contributed by atoms with van der Waals surface area (Å²) in [5, 5.41) is 19.4. The largest absolute Gasteiger partial charge is 0.388 e. The predicted molar refractivity (Wildman–Crippen MR) is 62.8 cm³/mol. The van der Waals surface area contributed by atoms with Crippen LogP contribution < -0.4 is 0 Å². The van der Waals surface area contributed by atoms with Gasteiger partial charge in [-0.3, -0.25) is 0 Å². The van der Waals surface area contributed by atoms with Gasteiger partial charge in [0.25, 0.3) is 0 Å². The van der Waals surface area contributed by atoms with E-state index in [1.54, 1.807) is 0 Å². The van der Waals surface area contributed by atoms with Crippen molar-refractivity contribution in [2.75, 3.05) is 0 Å². The van der Waals surface area contributed by atoms with Gasteiger partial charge in [0.15, 0.2) is 0 Å². The van der Waals surface area contributed by atoms with Crippen LogP contribution in [0.5, 0.6) is 0 Å². The van der Waals surface area contributed by atoms with Crippen LogP contribution in [0.2, 0.25) is 0 Å². The second-order valence-corrected chi connectivity index (χ2v) is 4.65. The molecule has 0 bridgehead atoms. The van der Waals surface area contributed by atoms with Gasteiger partial charge in [-0.15, -0.1) is 0 Å². The Morgan fingerprint density at radius 3 is 2.75 bits per heavy atom. The summed E-state index contributed by atoms with van der Waals surface area (Å²) >= 11 is 0. The molecule has 2 heteroatoms. The van der Waals surface area contributed by atoms with E-state index in [4.69, 9.17) is 5.26 Å². The van der Waals surface area contributed by atoms with Gasteiger partial charge in [0.1, 0.15) is 0 Å². The van der Waals surface area contributed by atoms with Crippen LogP contribution in [0, 0.1) is 11.3 Å². The van der Waals surface area contributed by atoms with Gasteiger partial charge < -0.3 is 5.11 Å². The van der Waals surface area contributed by atoms with Crippen molar-refractivity contribution in [3.63, 3.8) is 0 Å². The molecule has 2 unspecified atom stereocenters. The van der Waals surface area contributed by atoms with Gasteiger partial charge in [0.2, 0.25) is 0 Å². The second-order valence-electron chi connectivity index (χ2n) is 4.65. The Morgan fingerprint density at radius 1 is 1.31 bits per heavy atom. The van der Waals surface area contributed by atoms with Crippen LogP contribution in [0.15, 0.2) is 30.3 Å². The van der Waals surface area contributed by atoms with Crippen molar-refractivity contribution in [3.8, 4) is 6.07 Å². The Labute approximate surface area is 96.5 Å². The van der Waals surface area contributed by atoms with Crippen molar-refractivity contribution < 1.29 is 5.11 Å². The summed E-state index contributed by atoms with van der Waals surface area (Å²) in [5.74, 6) is 0.127. The third-order valence-electron chi connectivity index (χ3n) is 3.59. The molecular formula is C14H17NO. The Bertz CT molecular complexity index is 381. The van der Waals surface area contributed by atoms with Gasteiger partial charge in [0, 0.05) is 5.92 Å². The molecule has 1 aromatic rings. The average molecular weight is 215 g/mol. The molecule has 0 spiro atoms. The van der Waals surface area contributed by atoms with E-state index in [9.17, 15) is 5.11 Å². The van der Waals surface area contributed by atoms with Crippen LogP contribution in [0.1, 0.15) is 43.6 Å². The highest BCUT2D eigenvalue weighted by molar-refractivity contribution is 5.24. The smallest absolute Gasteiger partial charge is 0.0845 e. The molecule has 1 N–H and O–H groups in total. The lowest BCUT2D eigenvalue weighted by Gasteiger charge is -2.38. The Kier molecular flexibility index (Phi) is 3.26. The molecule has 16 heavy (non-hydrogen) atoms. The average Bonchev–Trinajstić information content (AvgIpc) is 2.31. The van der Waals surface area contributed by atoms with Crippen molar-refractivity contribution >= 4 is 0 Å². The third-order valence-corrected chi connectivity index (χ3v) is 3.59. The maximum absolute atomic E-state index is 10.6. The number of nitriles is 1. The summed E-state index contributed by atoms with van der Waals surface area (Å²) in [6, 6.07) is 12.2. The maximum atomic E-state index is 10.6. The Balaban J connectivity index is 2.27. The van der Waals surface area contributed by atoms with E-state index in [2.05, 4.69) is 18.2 Å². The first-order valence-corrected chi connectivity index (χ1v) is 5.90. The van der Waals surface area contributed by atoms with Crippen molar-refractivity contribution in [2.45, 2.75) is 43.6 Å². The van der Waals surface area contributed by atoms with E-state index < -0.39 is 5.60 Å². The van der Waals surface area contributed by atoms with Crippen molar-refractivity contribution in [1.29, 1.82) is 5.26 Å². The molecule has 1 aromatic carbocycles. The highest BCUT2D eigenvalue weighted by atomic mass is 16.3. The monoisotopic (exact) mass is 215 g/mol. The molecule has 84 valence electrons. The quantitative estimate of drug-likeness (QED) is 0.824. The molecule has 0 amide bonds. The zero-order chi connectivity index (χ0) is 11.4. The number of rotatable bonds is 2. The van der Waals surface area contributed by atoms with Crippen LogP contribution >= 0.6 is 0 Å². The standard InChI is InChI=1S/C14H17NO/c15-11-10-14(16)9-5-4-8-13(14)12-6-2-1-3-7-12/h1-3,6-7,13,16H,4-5,8-10H2. The van der Waals surface area contributed by atoms with Gasteiger partial charge in [-0.25, -0.2) is 0 Å². The first-order valence-electron chi connectivity index (χ1n) is 5.90. The van der Waals surface area contributed by atoms with Gasteiger partial charge in [0.05, 0.1) is 18.1 Å². The Morgan fingerprint density at radius 2 is 2.06 bits per heavy atom. The van der Waals surface area contributed by atoms with E-state index in [0.717, 1.165) is 25.7 Å². The first-order chi connectivity index (χ1) is 7.76. The van der Waals surface area contributed by atoms with E-state index in [0.29, 0.717) is 0 Å².